The number of aryl methyl sites for hydroxylation is 1. The molecule has 152 valence electrons. The quantitative estimate of drug-likeness (QED) is 0.700. The summed E-state index contributed by atoms with van der Waals surface area (Å²) in [6.07, 6.45) is 0.960. The van der Waals surface area contributed by atoms with E-state index in [9.17, 15) is 17.6 Å². The van der Waals surface area contributed by atoms with Crippen molar-refractivity contribution in [2.45, 2.75) is 19.9 Å². The van der Waals surface area contributed by atoms with Gasteiger partial charge >= 0.3 is 0 Å². The van der Waals surface area contributed by atoms with E-state index in [0.717, 1.165) is 28.3 Å². The number of hydrogen-bond acceptors (Lipinski definition) is 4. The summed E-state index contributed by atoms with van der Waals surface area (Å²) < 4.78 is 44.0. The fourth-order valence-corrected chi connectivity index (χ4v) is 3.41. The number of nitrogens with zero attached hydrogens (tertiary/aromatic N) is 1. The Hall–Kier alpha value is -2.32. The zero-order valence-corrected chi connectivity index (χ0v) is 17.3. The number of carbonyl (C=O) groups excluding carboxylic acids is 1. The van der Waals surface area contributed by atoms with Crippen molar-refractivity contribution in [1.82, 2.24) is 5.32 Å². The van der Waals surface area contributed by atoms with E-state index in [1.807, 2.05) is 31.2 Å². The number of anilines is 1. The molecule has 1 amide bonds. The lowest BCUT2D eigenvalue weighted by atomic mass is 10.2. The summed E-state index contributed by atoms with van der Waals surface area (Å²) in [6, 6.07) is 10.6. The van der Waals surface area contributed by atoms with Gasteiger partial charge in [0, 0.05) is 0 Å². The number of hydrogen-bond donors (Lipinski definition) is 1. The molecule has 0 bridgehead atoms. The van der Waals surface area contributed by atoms with Crippen LogP contribution in [0.3, 0.4) is 0 Å². The molecule has 2 rings (SSSR count). The highest BCUT2D eigenvalue weighted by Crippen LogP contribution is 2.24. The van der Waals surface area contributed by atoms with Gasteiger partial charge in [-0.05, 0) is 44.2 Å². The lowest BCUT2D eigenvalue weighted by Gasteiger charge is -2.23. The Bertz CT molecular complexity index is 935. The molecule has 0 aliphatic heterocycles. The van der Waals surface area contributed by atoms with E-state index < -0.39 is 28.3 Å². The molecule has 0 unspecified atom stereocenters. The molecule has 2 aromatic carbocycles. The molecular formula is C19H22ClFN2O4S. The van der Waals surface area contributed by atoms with Gasteiger partial charge in [0.15, 0.2) is 0 Å². The summed E-state index contributed by atoms with van der Waals surface area (Å²) in [6.45, 7) is 3.46. The summed E-state index contributed by atoms with van der Waals surface area (Å²) in [5.74, 6) is -0.526. The van der Waals surface area contributed by atoms with E-state index >= 15 is 0 Å². The predicted octanol–water partition coefficient (Wildman–Crippen LogP) is 3.14. The molecule has 0 aromatic heterocycles. The Labute approximate surface area is 169 Å². The molecule has 2 aromatic rings. The number of halogens is 2. The Morgan fingerprint density at radius 3 is 2.46 bits per heavy atom. The first-order chi connectivity index (χ1) is 13.1. The standard InChI is InChI=1S/C19H22ClFN2O4S/c1-13-4-7-16(8-5-13)27-12-14(2)22-19(24)11-23(28(3,25)26)15-6-9-18(21)17(20)10-15/h4-10,14H,11-12H2,1-3H3,(H,22,24)/t14-/m1/s1. The minimum absolute atomic E-state index is 0.104. The molecule has 6 nitrogen and oxygen atoms in total. The molecule has 0 saturated heterocycles. The van der Waals surface area contributed by atoms with Crippen molar-refractivity contribution >= 4 is 33.2 Å². The lowest BCUT2D eigenvalue weighted by Crippen LogP contribution is -2.44. The Kier molecular flexibility index (Phi) is 7.26. The van der Waals surface area contributed by atoms with Crippen molar-refractivity contribution in [3.8, 4) is 5.75 Å². The summed E-state index contributed by atoms with van der Waals surface area (Å²) in [5, 5.41) is 2.45. The number of nitrogens with one attached hydrogen (secondary N) is 1. The third kappa shape index (κ3) is 6.38. The molecule has 1 atom stereocenters. The molecule has 0 saturated carbocycles. The minimum atomic E-state index is -3.78. The zero-order chi connectivity index (χ0) is 20.9. The summed E-state index contributed by atoms with van der Waals surface area (Å²) in [4.78, 5) is 12.3. The SMILES string of the molecule is Cc1ccc(OC[C@@H](C)NC(=O)CN(c2ccc(F)c(Cl)c2)S(C)(=O)=O)cc1. The second kappa shape index (κ2) is 9.25. The van der Waals surface area contributed by atoms with Crippen molar-refractivity contribution in [2.24, 2.45) is 0 Å². The predicted molar refractivity (Wildman–Crippen MR) is 108 cm³/mol. The van der Waals surface area contributed by atoms with Gasteiger partial charge in [-0.1, -0.05) is 29.3 Å². The first-order valence-electron chi connectivity index (χ1n) is 8.48. The summed E-state index contributed by atoms with van der Waals surface area (Å²) >= 11 is 5.72. The van der Waals surface area contributed by atoms with Crippen molar-refractivity contribution in [1.29, 1.82) is 0 Å². The van der Waals surface area contributed by atoms with Gasteiger partial charge in [0.2, 0.25) is 15.9 Å². The normalized spacial score (nSPS) is 12.3. The Balaban J connectivity index is 1.99. The zero-order valence-electron chi connectivity index (χ0n) is 15.8. The first-order valence-corrected chi connectivity index (χ1v) is 10.7. The molecule has 0 fully saturated rings. The average Bonchev–Trinajstić information content (AvgIpc) is 2.61. The molecule has 0 aliphatic carbocycles. The maximum Gasteiger partial charge on any atom is 0.241 e. The fourth-order valence-electron chi connectivity index (χ4n) is 2.39. The van der Waals surface area contributed by atoms with Gasteiger partial charge in [-0.15, -0.1) is 0 Å². The minimum Gasteiger partial charge on any atom is -0.491 e. The van der Waals surface area contributed by atoms with Crippen LogP contribution in [0.15, 0.2) is 42.5 Å². The molecule has 0 radical (unpaired) electrons. The molecule has 0 spiro atoms. The number of benzene rings is 2. The second-order valence-corrected chi connectivity index (χ2v) is 8.77. The molecule has 9 heteroatoms. The molecule has 0 heterocycles. The smallest absolute Gasteiger partial charge is 0.241 e. The number of sulfonamides is 1. The Morgan fingerprint density at radius 2 is 1.89 bits per heavy atom. The molecule has 1 N–H and O–H groups in total. The van der Waals surface area contributed by atoms with E-state index in [-0.39, 0.29) is 23.4 Å². The van der Waals surface area contributed by atoms with Gasteiger partial charge in [0.05, 0.1) is 23.0 Å². The average molecular weight is 429 g/mol. The van der Waals surface area contributed by atoms with Crippen LogP contribution in [0, 0.1) is 12.7 Å². The second-order valence-electron chi connectivity index (χ2n) is 6.46. The van der Waals surface area contributed by atoms with Crippen molar-refractivity contribution in [2.75, 3.05) is 23.7 Å². The number of rotatable bonds is 8. The number of carbonyl (C=O) groups is 1. The lowest BCUT2D eigenvalue weighted by molar-refractivity contribution is -0.120. The van der Waals surface area contributed by atoms with E-state index in [1.54, 1.807) is 6.92 Å². The van der Waals surface area contributed by atoms with Gasteiger partial charge in [0.1, 0.15) is 24.7 Å². The third-order valence-corrected chi connectivity index (χ3v) is 5.24. The van der Waals surface area contributed by atoms with E-state index in [2.05, 4.69) is 5.32 Å². The highest BCUT2D eigenvalue weighted by molar-refractivity contribution is 7.92. The van der Waals surface area contributed by atoms with Crippen LogP contribution in [0.5, 0.6) is 5.75 Å². The van der Waals surface area contributed by atoms with Crippen LogP contribution < -0.4 is 14.4 Å². The van der Waals surface area contributed by atoms with E-state index in [0.29, 0.717) is 5.75 Å². The van der Waals surface area contributed by atoms with Crippen molar-refractivity contribution in [3.05, 3.63) is 58.9 Å². The highest BCUT2D eigenvalue weighted by Gasteiger charge is 2.22. The van der Waals surface area contributed by atoms with Gasteiger partial charge in [-0.3, -0.25) is 9.10 Å². The first kappa shape index (κ1) is 22.0. The van der Waals surface area contributed by atoms with Crippen LogP contribution in [0.4, 0.5) is 10.1 Å². The molecule has 28 heavy (non-hydrogen) atoms. The summed E-state index contributed by atoms with van der Waals surface area (Å²) in [7, 11) is -3.78. The maximum absolute atomic E-state index is 13.3. The van der Waals surface area contributed by atoms with Crippen LogP contribution in [0.2, 0.25) is 5.02 Å². The monoisotopic (exact) mass is 428 g/mol. The van der Waals surface area contributed by atoms with Crippen LogP contribution in [0.25, 0.3) is 0 Å². The van der Waals surface area contributed by atoms with Gasteiger partial charge < -0.3 is 10.1 Å². The van der Waals surface area contributed by atoms with Crippen LogP contribution in [-0.2, 0) is 14.8 Å². The molecular weight excluding hydrogens is 407 g/mol. The fraction of sp³-hybridized carbons (Fsp3) is 0.316. The Morgan fingerprint density at radius 1 is 1.25 bits per heavy atom. The van der Waals surface area contributed by atoms with Gasteiger partial charge in [0.25, 0.3) is 0 Å². The summed E-state index contributed by atoms with van der Waals surface area (Å²) in [5.41, 5.74) is 1.21. The van der Waals surface area contributed by atoms with Crippen LogP contribution >= 0.6 is 11.6 Å². The largest absolute Gasteiger partial charge is 0.491 e. The topological polar surface area (TPSA) is 75.7 Å². The molecule has 0 aliphatic rings. The van der Waals surface area contributed by atoms with E-state index in [1.165, 1.54) is 6.07 Å². The van der Waals surface area contributed by atoms with E-state index in [4.69, 9.17) is 16.3 Å². The third-order valence-electron chi connectivity index (χ3n) is 3.81. The van der Waals surface area contributed by atoms with Gasteiger partial charge in [-0.25, -0.2) is 12.8 Å². The highest BCUT2D eigenvalue weighted by atomic mass is 35.5. The van der Waals surface area contributed by atoms with Crippen molar-refractivity contribution < 1.29 is 22.3 Å². The van der Waals surface area contributed by atoms with Gasteiger partial charge in [-0.2, -0.15) is 0 Å². The number of amides is 1. The van der Waals surface area contributed by atoms with Crippen LogP contribution in [-0.4, -0.2) is 39.8 Å². The van der Waals surface area contributed by atoms with Crippen LogP contribution in [0.1, 0.15) is 12.5 Å². The number of ether oxygens (including phenoxy) is 1. The maximum atomic E-state index is 13.3. The van der Waals surface area contributed by atoms with Crippen molar-refractivity contribution in [3.63, 3.8) is 0 Å².